The smallest absolute Gasteiger partial charge is 0.292 e. The molecule has 2 amide bonds. The molecule has 0 atom stereocenters. The van der Waals surface area contributed by atoms with E-state index in [1.54, 1.807) is 13.0 Å². The Morgan fingerprint density at radius 3 is 2.63 bits per heavy atom. The van der Waals surface area contributed by atoms with Crippen molar-refractivity contribution in [2.24, 2.45) is 0 Å². The second-order valence-corrected chi connectivity index (χ2v) is 7.21. The van der Waals surface area contributed by atoms with E-state index in [-0.39, 0.29) is 17.6 Å². The first kappa shape index (κ1) is 17.7. The standard InChI is InChI=1S/C18H24N6O3/c1-12-11-14(21-27-12)19-17(25)16-20-15(13-5-3-4-6-24(13)16)18(26)23-9-7-22(2)8-10-23/h11H,3-10H2,1-2H3,(H,19,21,25). The van der Waals surface area contributed by atoms with Crippen LogP contribution in [-0.2, 0) is 13.0 Å². The van der Waals surface area contributed by atoms with Gasteiger partial charge in [0.25, 0.3) is 11.8 Å². The molecular weight excluding hydrogens is 348 g/mol. The van der Waals surface area contributed by atoms with Crippen LogP contribution in [0.3, 0.4) is 0 Å². The number of imidazole rings is 1. The van der Waals surface area contributed by atoms with Crippen molar-refractivity contribution in [3.63, 3.8) is 0 Å². The number of amides is 2. The normalized spacial score (nSPS) is 17.6. The summed E-state index contributed by atoms with van der Waals surface area (Å²) in [5, 5.41) is 6.50. The summed E-state index contributed by atoms with van der Waals surface area (Å²) in [6.07, 6.45) is 2.73. The van der Waals surface area contributed by atoms with Gasteiger partial charge in [-0.25, -0.2) is 4.98 Å². The van der Waals surface area contributed by atoms with E-state index < -0.39 is 0 Å². The monoisotopic (exact) mass is 372 g/mol. The summed E-state index contributed by atoms with van der Waals surface area (Å²) >= 11 is 0. The highest BCUT2D eigenvalue weighted by atomic mass is 16.5. The topological polar surface area (TPSA) is 96.5 Å². The molecule has 1 fully saturated rings. The molecule has 4 heterocycles. The molecule has 2 aliphatic heterocycles. The lowest BCUT2D eigenvalue weighted by Gasteiger charge is -2.32. The lowest BCUT2D eigenvalue weighted by atomic mass is 10.1. The summed E-state index contributed by atoms with van der Waals surface area (Å²) in [7, 11) is 2.05. The van der Waals surface area contributed by atoms with Crippen molar-refractivity contribution in [3.05, 3.63) is 29.0 Å². The molecule has 0 aromatic carbocycles. The Labute approximate surface area is 157 Å². The fraction of sp³-hybridized carbons (Fsp3) is 0.556. The maximum Gasteiger partial charge on any atom is 0.292 e. The van der Waals surface area contributed by atoms with Gasteiger partial charge in [-0.3, -0.25) is 9.59 Å². The molecule has 0 bridgehead atoms. The van der Waals surface area contributed by atoms with Crippen LogP contribution in [0.15, 0.2) is 10.6 Å². The van der Waals surface area contributed by atoms with Gasteiger partial charge in [-0.15, -0.1) is 0 Å². The number of nitrogens with one attached hydrogen (secondary N) is 1. The molecule has 144 valence electrons. The van der Waals surface area contributed by atoms with Crippen LogP contribution in [0.4, 0.5) is 5.82 Å². The molecule has 0 saturated carbocycles. The number of aromatic nitrogens is 3. The second kappa shape index (κ2) is 7.15. The van der Waals surface area contributed by atoms with E-state index in [0.29, 0.717) is 36.9 Å². The molecule has 9 heteroatoms. The highest BCUT2D eigenvalue weighted by molar-refractivity contribution is 6.03. The quantitative estimate of drug-likeness (QED) is 0.868. The van der Waals surface area contributed by atoms with E-state index in [2.05, 4.69) is 20.4 Å². The number of anilines is 1. The van der Waals surface area contributed by atoms with Gasteiger partial charge in [0.2, 0.25) is 0 Å². The molecule has 0 aliphatic carbocycles. The SMILES string of the molecule is Cc1cc(NC(=O)c2nc(C(=O)N3CCN(C)CC3)c3n2CCCC3)no1. The Bertz CT molecular complexity index is 863. The van der Waals surface area contributed by atoms with Gasteiger partial charge in [0.15, 0.2) is 11.6 Å². The van der Waals surface area contributed by atoms with Gasteiger partial charge >= 0.3 is 0 Å². The molecule has 4 rings (SSSR count). The number of nitrogens with zero attached hydrogens (tertiary/aromatic N) is 5. The molecule has 1 saturated heterocycles. The number of piperazine rings is 1. The van der Waals surface area contributed by atoms with E-state index >= 15 is 0 Å². The van der Waals surface area contributed by atoms with Crippen LogP contribution >= 0.6 is 0 Å². The van der Waals surface area contributed by atoms with Gasteiger partial charge in [0.1, 0.15) is 11.5 Å². The van der Waals surface area contributed by atoms with Gasteiger partial charge in [0, 0.05) is 38.8 Å². The Balaban J connectivity index is 1.61. The maximum absolute atomic E-state index is 13.0. The average Bonchev–Trinajstić information content (AvgIpc) is 3.25. The number of likely N-dealkylation sites (N-methyl/N-ethyl adjacent to an activating group) is 1. The van der Waals surface area contributed by atoms with Crippen LogP contribution in [0.25, 0.3) is 0 Å². The van der Waals surface area contributed by atoms with Crippen LogP contribution in [0.5, 0.6) is 0 Å². The van der Waals surface area contributed by atoms with Crippen molar-refractivity contribution >= 4 is 17.6 Å². The summed E-state index contributed by atoms with van der Waals surface area (Å²) in [5.41, 5.74) is 1.28. The Morgan fingerprint density at radius 1 is 1.15 bits per heavy atom. The number of rotatable bonds is 3. The van der Waals surface area contributed by atoms with E-state index in [1.165, 1.54) is 0 Å². The van der Waals surface area contributed by atoms with Crippen molar-refractivity contribution < 1.29 is 14.1 Å². The van der Waals surface area contributed by atoms with Crippen LogP contribution in [-0.4, -0.2) is 69.5 Å². The van der Waals surface area contributed by atoms with Crippen molar-refractivity contribution in [3.8, 4) is 0 Å². The van der Waals surface area contributed by atoms with Crippen LogP contribution < -0.4 is 5.32 Å². The van der Waals surface area contributed by atoms with Crippen LogP contribution in [0, 0.1) is 6.92 Å². The van der Waals surface area contributed by atoms with Gasteiger partial charge in [-0.2, -0.15) is 0 Å². The van der Waals surface area contributed by atoms with E-state index in [4.69, 9.17) is 4.52 Å². The number of carbonyl (C=O) groups excluding carboxylic acids is 2. The summed E-state index contributed by atoms with van der Waals surface area (Å²) in [6, 6.07) is 1.65. The molecule has 2 aliphatic rings. The van der Waals surface area contributed by atoms with Gasteiger partial charge in [0.05, 0.1) is 5.69 Å². The minimum absolute atomic E-state index is 0.0786. The number of carbonyl (C=O) groups is 2. The molecule has 27 heavy (non-hydrogen) atoms. The van der Waals surface area contributed by atoms with Crippen molar-refractivity contribution in [2.75, 3.05) is 38.5 Å². The minimum atomic E-state index is -0.371. The molecule has 1 N–H and O–H groups in total. The fourth-order valence-electron chi connectivity index (χ4n) is 3.64. The zero-order valence-electron chi connectivity index (χ0n) is 15.7. The number of fused-ring (bicyclic) bond motifs is 1. The van der Waals surface area contributed by atoms with Crippen molar-refractivity contribution in [2.45, 2.75) is 32.7 Å². The predicted octanol–water partition coefficient (Wildman–Crippen LogP) is 1.16. The zero-order valence-corrected chi connectivity index (χ0v) is 15.7. The summed E-state index contributed by atoms with van der Waals surface area (Å²) in [4.78, 5) is 34.3. The predicted molar refractivity (Wildman–Crippen MR) is 97.8 cm³/mol. The zero-order chi connectivity index (χ0) is 19.0. The Hall–Kier alpha value is -2.68. The van der Waals surface area contributed by atoms with Gasteiger partial charge in [-0.05, 0) is 33.2 Å². The van der Waals surface area contributed by atoms with E-state index in [9.17, 15) is 9.59 Å². The first-order valence-corrected chi connectivity index (χ1v) is 9.35. The molecule has 0 spiro atoms. The second-order valence-electron chi connectivity index (χ2n) is 7.21. The number of hydrogen-bond donors (Lipinski definition) is 1. The molecular formula is C18H24N6O3. The largest absolute Gasteiger partial charge is 0.360 e. The number of aryl methyl sites for hydroxylation is 1. The van der Waals surface area contributed by atoms with E-state index in [0.717, 1.165) is 38.0 Å². The third kappa shape index (κ3) is 3.46. The lowest BCUT2D eigenvalue weighted by Crippen LogP contribution is -2.47. The van der Waals surface area contributed by atoms with Gasteiger partial charge < -0.3 is 24.2 Å². The van der Waals surface area contributed by atoms with Crippen molar-refractivity contribution in [1.82, 2.24) is 24.5 Å². The Kier molecular flexibility index (Phi) is 4.69. The summed E-state index contributed by atoms with van der Waals surface area (Å²) < 4.78 is 6.87. The summed E-state index contributed by atoms with van der Waals surface area (Å²) in [6.45, 7) is 5.51. The maximum atomic E-state index is 13.0. The molecule has 2 aromatic heterocycles. The third-order valence-electron chi connectivity index (χ3n) is 5.18. The first-order chi connectivity index (χ1) is 13.0. The highest BCUT2D eigenvalue weighted by Gasteiger charge is 2.31. The molecule has 0 unspecified atom stereocenters. The first-order valence-electron chi connectivity index (χ1n) is 9.35. The van der Waals surface area contributed by atoms with Crippen LogP contribution in [0.2, 0.25) is 0 Å². The summed E-state index contributed by atoms with van der Waals surface area (Å²) in [5.74, 6) is 0.774. The minimum Gasteiger partial charge on any atom is -0.360 e. The molecule has 9 nitrogen and oxygen atoms in total. The highest BCUT2D eigenvalue weighted by Crippen LogP contribution is 2.23. The van der Waals surface area contributed by atoms with Gasteiger partial charge in [-0.1, -0.05) is 5.16 Å². The van der Waals surface area contributed by atoms with Crippen LogP contribution in [0.1, 0.15) is 45.4 Å². The fourth-order valence-corrected chi connectivity index (χ4v) is 3.64. The average molecular weight is 372 g/mol. The Morgan fingerprint density at radius 2 is 1.93 bits per heavy atom. The van der Waals surface area contributed by atoms with E-state index in [1.807, 2.05) is 16.5 Å². The third-order valence-corrected chi connectivity index (χ3v) is 5.18. The lowest BCUT2D eigenvalue weighted by molar-refractivity contribution is 0.0657. The molecule has 2 aromatic rings. The molecule has 0 radical (unpaired) electrons. The van der Waals surface area contributed by atoms with Crippen molar-refractivity contribution in [1.29, 1.82) is 0 Å². The number of hydrogen-bond acceptors (Lipinski definition) is 6.